The van der Waals surface area contributed by atoms with Crippen LogP contribution in [0.15, 0.2) is 24.3 Å². The molecule has 1 N–H and O–H groups in total. The average Bonchev–Trinajstić information content (AvgIpc) is 2.92. The Kier molecular flexibility index (Phi) is 5.49. The van der Waals surface area contributed by atoms with Crippen LogP contribution in [-0.4, -0.2) is 26.8 Å². The van der Waals surface area contributed by atoms with Gasteiger partial charge in [-0.05, 0) is 54.4 Å². The number of rotatable bonds is 7. The SMILES string of the molecule is CCCNC(C)c1nnnn1CCc1ccc(Cl)cc1. The van der Waals surface area contributed by atoms with Gasteiger partial charge in [0.15, 0.2) is 5.82 Å². The maximum atomic E-state index is 5.88. The van der Waals surface area contributed by atoms with Gasteiger partial charge in [-0.15, -0.1) is 5.10 Å². The summed E-state index contributed by atoms with van der Waals surface area (Å²) in [6.07, 6.45) is 1.98. The lowest BCUT2D eigenvalue weighted by Gasteiger charge is -2.12. The Bertz CT molecular complexity index is 523. The first-order valence-electron chi connectivity index (χ1n) is 6.94. The summed E-state index contributed by atoms with van der Waals surface area (Å²) in [6.45, 7) is 5.96. The molecule has 2 aromatic rings. The van der Waals surface area contributed by atoms with Crippen molar-refractivity contribution in [2.45, 2.75) is 39.3 Å². The predicted molar refractivity (Wildman–Crippen MR) is 79.7 cm³/mol. The Morgan fingerprint density at radius 2 is 2.05 bits per heavy atom. The third-order valence-corrected chi connectivity index (χ3v) is 3.42. The molecule has 0 fully saturated rings. The van der Waals surface area contributed by atoms with Crippen molar-refractivity contribution in [1.82, 2.24) is 25.5 Å². The highest BCUT2D eigenvalue weighted by atomic mass is 35.5. The number of aromatic nitrogens is 4. The molecule has 6 heteroatoms. The van der Waals surface area contributed by atoms with Gasteiger partial charge in [0, 0.05) is 11.6 Å². The second-order valence-electron chi connectivity index (χ2n) is 4.81. The quantitative estimate of drug-likeness (QED) is 0.852. The summed E-state index contributed by atoms with van der Waals surface area (Å²) in [7, 11) is 0. The minimum absolute atomic E-state index is 0.162. The first kappa shape index (κ1) is 14.9. The average molecular weight is 294 g/mol. The van der Waals surface area contributed by atoms with E-state index in [9.17, 15) is 0 Å². The number of nitrogens with one attached hydrogen (secondary N) is 1. The van der Waals surface area contributed by atoms with Crippen LogP contribution < -0.4 is 5.32 Å². The molecule has 1 atom stereocenters. The largest absolute Gasteiger partial charge is 0.307 e. The van der Waals surface area contributed by atoms with Gasteiger partial charge < -0.3 is 5.32 Å². The van der Waals surface area contributed by atoms with Crippen molar-refractivity contribution in [3.05, 3.63) is 40.7 Å². The van der Waals surface area contributed by atoms with Gasteiger partial charge in [-0.2, -0.15) is 0 Å². The zero-order chi connectivity index (χ0) is 14.4. The minimum atomic E-state index is 0.162. The van der Waals surface area contributed by atoms with Crippen molar-refractivity contribution in [3.63, 3.8) is 0 Å². The number of hydrogen-bond acceptors (Lipinski definition) is 4. The predicted octanol–water partition coefficient (Wildman–Crippen LogP) is 2.63. The Labute approximate surface area is 124 Å². The lowest BCUT2D eigenvalue weighted by molar-refractivity contribution is 0.486. The highest BCUT2D eigenvalue weighted by Gasteiger charge is 2.13. The molecule has 2 rings (SSSR count). The molecule has 1 heterocycles. The molecule has 1 unspecified atom stereocenters. The van der Waals surface area contributed by atoms with E-state index in [0.717, 1.165) is 36.8 Å². The van der Waals surface area contributed by atoms with Gasteiger partial charge in [-0.25, -0.2) is 4.68 Å². The summed E-state index contributed by atoms with van der Waals surface area (Å²) in [5, 5.41) is 16.1. The molecular formula is C14H20ClN5. The van der Waals surface area contributed by atoms with Gasteiger partial charge in [0.2, 0.25) is 0 Å². The molecule has 0 aliphatic heterocycles. The first-order chi connectivity index (χ1) is 9.70. The lowest BCUT2D eigenvalue weighted by Crippen LogP contribution is -2.23. The number of halogens is 1. The van der Waals surface area contributed by atoms with Gasteiger partial charge >= 0.3 is 0 Å². The molecule has 20 heavy (non-hydrogen) atoms. The summed E-state index contributed by atoms with van der Waals surface area (Å²) in [4.78, 5) is 0. The number of hydrogen-bond donors (Lipinski definition) is 1. The van der Waals surface area contributed by atoms with Crippen LogP contribution in [0.4, 0.5) is 0 Å². The van der Waals surface area contributed by atoms with Gasteiger partial charge in [-0.3, -0.25) is 0 Å². The summed E-state index contributed by atoms with van der Waals surface area (Å²) in [5.74, 6) is 0.882. The molecule has 108 valence electrons. The summed E-state index contributed by atoms with van der Waals surface area (Å²) < 4.78 is 1.86. The van der Waals surface area contributed by atoms with E-state index in [1.165, 1.54) is 5.56 Å². The maximum Gasteiger partial charge on any atom is 0.167 e. The van der Waals surface area contributed by atoms with Crippen LogP contribution in [-0.2, 0) is 13.0 Å². The summed E-state index contributed by atoms with van der Waals surface area (Å²) in [5.41, 5.74) is 1.23. The van der Waals surface area contributed by atoms with Crippen LogP contribution in [0.1, 0.15) is 37.7 Å². The lowest BCUT2D eigenvalue weighted by atomic mass is 10.1. The second-order valence-corrected chi connectivity index (χ2v) is 5.25. The van der Waals surface area contributed by atoms with Gasteiger partial charge in [0.05, 0.1) is 6.04 Å². The molecular weight excluding hydrogens is 274 g/mol. The Morgan fingerprint density at radius 3 is 2.75 bits per heavy atom. The molecule has 0 aliphatic rings. The highest BCUT2D eigenvalue weighted by Crippen LogP contribution is 2.12. The van der Waals surface area contributed by atoms with E-state index >= 15 is 0 Å². The Hall–Kier alpha value is -1.46. The van der Waals surface area contributed by atoms with Crippen molar-refractivity contribution in [2.75, 3.05) is 6.54 Å². The zero-order valence-electron chi connectivity index (χ0n) is 11.9. The number of aryl methyl sites for hydroxylation is 2. The van der Waals surface area contributed by atoms with Crippen LogP contribution >= 0.6 is 11.6 Å². The Morgan fingerprint density at radius 1 is 1.30 bits per heavy atom. The van der Waals surface area contributed by atoms with Crippen molar-refractivity contribution >= 4 is 11.6 Å². The molecule has 0 saturated carbocycles. The summed E-state index contributed by atoms with van der Waals surface area (Å²) >= 11 is 5.88. The van der Waals surface area contributed by atoms with E-state index in [1.807, 2.05) is 28.9 Å². The number of tetrazole rings is 1. The normalized spacial score (nSPS) is 12.6. The van der Waals surface area contributed by atoms with Crippen molar-refractivity contribution in [3.8, 4) is 0 Å². The third-order valence-electron chi connectivity index (χ3n) is 3.17. The fourth-order valence-electron chi connectivity index (χ4n) is 2.02. The minimum Gasteiger partial charge on any atom is -0.307 e. The van der Waals surface area contributed by atoms with E-state index < -0.39 is 0 Å². The molecule has 5 nitrogen and oxygen atoms in total. The smallest absolute Gasteiger partial charge is 0.167 e. The van der Waals surface area contributed by atoms with E-state index in [-0.39, 0.29) is 6.04 Å². The van der Waals surface area contributed by atoms with Crippen molar-refractivity contribution in [2.24, 2.45) is 0 Å². The molecule has 1 aromatic heterocycles. The third kappa shape index (κ3) is 4.02. The molecule has 0 spiro atoms. The van der Waals surface area contributed by atoms with Crippen LogP contribution in [0.25, 0.3) is 0 Å². The molecule has 0 bridgehead atoms. The molecule has 0 saturated heterocycles. The molecule has 1 aromatic carbocycles. The fourth-order valence-corrected chi connectivity index (χ4v) is 2.15. The maximum absolute atomic E-state index is 5.88. The molecule has 0 radical (unpaired) electrons. The van der Waals surface area contributed by atoms with Crippen LogP contribution in [0, 0.1) is 0 Å². The van der Waals surface area contributed by atoms with E-state index in [0.29, 0.717) is 0 Å². The van der Waals surface area contributed by atoms with Gasteiger partial charge in [0.1, 0.15) is 0 Å². The zero-order valence-corrected chi connectivity index (χ0v) is 12.6. The van der Waals surface area contributed by atoms with Gasteiger partial charge in [0.25, 0.3) is 0 Å². The monoisotopic (exact) mass is 293 g/mol. The first-order valence-corrected chi connectivity index (χ1v) is 7.32. The number of benzene rings is 1. The van der Waals surface area contributed by atoms with Crippen LogP contribution in [0.3, 0.4) is 0 Å². The standard InChI is InChI=1S/C14H20ClN5/c1-3-9-16-11(2)14-17-18-19-20(14)10-8-12-4-6-13(15)7-5-12/h4-7,11,16H,3,8-10H2,1-2H3. The van der Waals surface area contributed by atoms with Crippen molar-refractivity contribution in [1.29, 1.82) is 0 Å². The van der Waals surface area contributed by atoms with E-state index in [2.05, 4.69) is 34.7 Å². The molecule has 0 aliphatic carbocycles. The Balaban J connectivity index is 1.96. The highest BCUT2D eigenvalue weighted by molar-refractivity contribution is 6.30. The van der Waals surface area contributed by atoms with Crippen LogP contribution in [0.2, 0.25) is 5.02 Å². The topological polar surface area (TPSA) is 55.6 Å². The fraction of sp³-hybridized carbons (Fsp3) is 0.500. The van der Waals surface area contributed by atoms with E-state index in [1.54, 1.807) is 0 Å². The molecule has 0 amide bonds. The summed E-state index contributed by atoms with van der Waals surface area (Å²) in [6, 6.07) is 8.04. The van der Waals surface area contributed by atoms with Gasteiger partial charge in [-0.1, -0.05) is 30.7 Å². The van der Waals surface area contributed by atoms with Crippen LogP contribution in [0.5, 0.6) is 0 Å². The second kappa shape index (κ2) is 7.36. The van der Waals surface area contributed by atoms with Crippen molar-refractivity contribution < 1.29 is 0 Å². The van der Waals surface area contributed by atoms with E-state index in [4.69, 9.17) is 11.6 Å². The number of nitrogens with zero attached hydrogens (tertiary/aromatic N) is 4.